The number of rotatable bonds is 7. The van der Waals surface area contributed by atoms with Crippen LogP contribution in [-0.4, -0.2) is 46.3 Å². The number of hydrogen-bond donors (Lipinski definition) is 1. The van der Waals surface area contributed by atoms with Gasteiger partial charge in [0.25, 0.3) is 11.8 Å². The number of nitrogens with one attached hydrogen (secondary N) is 1. The number of anilines is 2. The molecule has 0 spiro atoms. The van der Waals surface area contributed by atoms with Crippen molar-refractivity contribution in [1.82, 2.24) is 0 Å². The minimum absolute atomic E-state index is 0.0110. The van der Waals surface area contributed by atoms with Gasteiger partial charge in [0.1, 0.15) is 5.75 Å². The number of hydrogen-bond acceptors (Lipinski definition) is 6. The smallest absolute Gasteiger partial charge is 0.265 e. The Morgan fingerprint density at radius 2 is 1.90 bits per heavy atom. The molecule has 0 fully saturated rings. The Labute approximate surface area is 183 Å². The van der Waals surface area contributed by atoms with Crippen molar-refractivity contribution in [3.63, 3.8) is 0 Å². The lowest BCUT2D eigenvalue weighted by atomic mass is 10.1. The van der Waals surface area contributed by atoms with Gasteiger partial charge in [-0.1, -0.05) is 6.92 Å². The SMILES string of the molecule is CCCN1C(=O)COc2ccc(NC(=O)c3cc(OC)c(OC)c(OC)c3Br)cc21. The van der Waals surface area contributed by atoms with Gasteiger partial charge in [-0.25, -0.2) is 0 Å². The quantitative estimate of drug-likeness (QED) is 0.649. The Balaban J connectivity index is 1.95. The number of halogens is 1. The molecule has 160 valence electrons. The van der Waals surface area contributed by atoms with Crippen molar-refractivity contribution in [1.29, 1.82) is 0 Å². The van der Waals surface area contributed by atoms with Crippen molar-refractivity contribution in [3.05, 3.63) is 34.3 Å². The highest BCUT2D eigenvalue weighted by atomic mass is 79.9. The second kappa shape index (κ2) is 9.25. The molecule has 30 heavy (non-hydrogen) atoms. The Hall–Kier alpha value is -2.94. The first-order chi connectivity index (χ1) is 14.4. The molecule has 0 radical (unpaired) electrons. The normalized spacial score (nSPS) is 12.7. The highest BCUT2D eigenvalue weighted by molar-refractivity contribution is 9.10. The summed E-state index contributed by atoms with van der Waals surface area (Å²) >= 11 is 3.41. The van der Waals surface area contributed by atoms with Crippen molar-refractivity contribution in [2.24, 2.45) is 0 Å². The average Bonchev–Trinajstić information content (AvgIpc) is 2.75. The number of fused-ring (bicyclic) bond motifs is 1. The first-order valence-corrected chi connectivity index (χ1v) is 10.1. The van der Waals surface area contributed by atoms with Gasteiger partial charge in [-0.15, -0.1) is 0 Å². The monoisotopic (exact) mass is 478 g/mol. The maximum absolute atomic E-state index is 13.0. The summed E-state index contributed by atoms with van der Waals surface area (Å²) in [6.07, 6.45) is 0.806. The molecule has 1 aliphatic rings. The molecule has 0 unspecified atom stereocenters. The topological polar surface area (TPSA) is 86.3 Å². The first-order valence-electron chi connectivity index (χ1n) is 9.32. The molecule has 2 aromatic carbocycles. The van der Waals surface area contributed by atoms with Crippen molar-refractivity contribution in [3.8, 4) is 23.0 Å². The standard InChI is InChI=1S/C21H23BrN2O6/c1-5-8-24-14-9-12(6-7-15(14)30-11-17(24)25)23-21(26)13-10-16(27-2)19(28-3)20(29-4)18(13)22/h6-7,9-10H,5,8,11H2,1-4H3,(H,23,26). The fourth-order valence-electron chi connectivity index (χ4n) is 3.23. The van der Waals surface area contributed by atoms with Crippen molar-refractivity contribution >= 4 is 39.1 Å². The van der Waals surface area contributed by atoms with Gasteiger partial charge in [0.15, 0.2) is 18.1 Å². The van der Waals surface area contributed by atoms with Gasteiger partial charge >= 0.3 is 0 Å². The fraction of sp³-hybridized carbons (Fsp3) is 0.333. The predicted octanol–water partition coefficient (Wildman–Crippen LogP) is 3.86. The second-order valence-corrected chi connectivity index (χ2v) is 7.27. The lowest BCUT2D eigenvalue weighted by Gasteiger charge is -2.29. The lowest BCUT2D eigenvalue weighted by molar-refractivity contribution is -0.121. The van der Waals surface area contributed by atoms with Crippen LogP contribution < -0.4 is 29.2 Å². The summed E-state index contributed by atoms with van der Waals surface area (Å²) in [7, 11) is 4.45. The molecule has 2 amide bonds. The summed E-state index contributed by atoms with van der Waals surface area (Å²) in [4.78, 5) is 26.9. The van der Waals surface area contributed by atoms with Crippen LogP contribution in [0.5, 0.6) is 23.0 Å². The van der Waals surface area contributed by atoms with Gasteiger partial charge in [0.2, 0.25) is 5.75 Å². The molecular weight excluding hydrogens is 456 g/mol. The molecule has 1 N–H and O–H groups in total. The third-order valence-corrected chi connectivity index (χ3v) is 5.41. The van der Waals surface area contributed by atoms with E-state index in [0.717, 1.165) is 6.42 Å². The number of methoxy groups -OCH3 is 3. The van der Waals surface area contributed by atoms with Crippen molar-refractivity contribution < 1.29 is 28.5 Å². The van der Waals surface area contributed by atoms with E-state index in [-0.39, 0.29) is 18.4 Å². The van der Waals surface area contributed by atoms with E-state index in [2.05, 4.69) is 21.2 Å². The lowest BCUT2D eigenvalue weighted by Crippen LogP contribution is -2.39. The molecule has 0 saturated carbocycles. The van der Waals surface area contributed by atoms with Crippen LogP contribution in [0.4, 0.5) is 11.4 Å². The minimum Gasteiger partial charge on any atom is -0.493 e. The van der Waals surface area contributed by atoms with E-state index in [0.29, 0.717) is 51.0 Å². The Bertz CT molecular complexity index is 978. The van der Waals surface area contributed by atoms with Gasteiger partial charge in [0, 0.05) is 12.2 Å². The highest BCUT2D eigenvalue weighted by Crippen LogP contribution is 2.45. The molecule has 1 aliphatic heterocycles. The summed E-state index contributed by atoms with van der Waals surface area (Å²) in [5.74, 6) is 1.20. The average molecular weight is 479 g/mol. The molecular formula is C21H23BrN2O6. The van der Waals surface area contributed by atoms with Gasteiger partial charge in [-0.3, -0.25) is 9.59 Å². The van der Waals surface area contributed by atoms with Crippen LogP contribution in [0, 0.1) is 0 Å². The van der Waals surface area contributed by atoms with Gasteiger partial charge < -0.3 is 29.2 Å². The minimum atomic E-state index is -0.383. The summed E-state index contributed by atoms with van der Waals surface area (Å²) in [6, 6.07) is 6.76. The highest BCUT2D eigenvalue weighted by Gasteiger charge is 2.26. The third kappa shape index (κ3) is 4.02. The molecule has 0 saturated heterocycles. The maximum Gasteiger partial charge on any atom is 0.265 e. The van der Waals surface area contributed by atoms with Gasteiger partial charge in [0.05, 0.1) is 37.1 Å². The molecule has 8 nitrogen and oxygen atoms in total. The van der Waals surface area contributed by atoms with Crippen LogP contribution in [0.1, 0.15) is 23.7 Å². The van der Waals surface area contributed by atoms with E-state index in [9.17, 15) is 9.59 Å². The predicted molar refractivity (Wildman–Crippen MR) is 116 cm³/mol. The number of benzene rings is 2. The molecule has 3 rings (SSSR count). The number of carbonyl (C=O) groups is 2. The maximum atomic E-state index is 13.0. The molecule has 0 bridgehead atoms. The third-order valence-electron chi connectivity index (χ3n) is 4.62. The van der Waals surface area contributed by atoms with Crippen LogP contribution in [-0.2, 0) is 4.79 Å². The summed E-state index contributed by atoms with van der Waals surface area (Å²) in [5, 5.41) is 2.85. The van der Waals surface area contributed by atoms with Crippen LogP contribution in [0.2, 0.25) is 0 Å². The van der Waals surface area contributed by atoms with Gasteiger partial charge in [-0.05, 0) is 46.6 Å². The summed E-state index contributed by atoms with van der Waals surface area (Å²) in [5.41, 5.74) is 1.47. The first kappa shape index (κ1) is 21.8. The van der Waals surface area contributed by atoms with Crippen LogP contribution in [0.15, 0.2) is 28.7 Å². The fourth-order valence-corrected chi connectivity index (χ4v) is 3.87. The number of nitrogens with zero attached hydrogens (tertiary/aromatic N) is 1. The largest absolute Gasteiger partial charge is 0.493 e. The van der Waals surface area contributed by atoms with Crippen molar-refractivity contribution in [2.75, 3.05) is 44.7 Å². The molecule has 0 aromatic heterocycles. The van der Waals surface area contributed by atoms with E-state index in [1.807, 2.05) is 6.92 Å². The molecule has 0 atom stereocenters. The molecule has 9 heteroatoms. The molecule has 0 aliphatic carbocycles. The van der Waals surface area contributed by atoms with Crippen molar-refractivity contribution in [2.45, 2.75) is 13.3 Å². The van der Waals surface area contributed by atoms with E-state index in [4.69, 9.17) is 18.9 Å². The van der Waals surface area contributed by atoms with E-state index in [1.165, 1.54) is 21.3 Å². The zero-order valence-electron chi connectivity index (χ0n) is 17.2. The summed E-state index contributed by atoms with van der Waals surface area (Å²) < 4.78 is 22.0. The molecule has 1 heterocycles. The van der Waals surface area contributed by atoms with Gasteiger partial charge in [-0.2, -0.15) is 0 Å². The van der Waals surface area contributed by atoms with Crippen LogP contribution in [0.3, 0.4) is 0 Å². The van der Waals surface area contributed by atoms with E-state index >= 15 is 0 Å². The Kier molecular flexibility index (Phi) is 6.71. The number of amides is 2. The number of ether oxygens (including phenoxy) is 4. The zero-order valence-corrected chi connectivity index (χ0v) is 18.8. The van der Waals surface area contributed by atoms with E-state index < -0.39 is 0 Å². The zero-order chi connectivity index (χ0) is 21.8. The van der Waals surface area contributed by atoms with Crippen LogP contribution in [0.25, 0.3) is 0 Å². The molecule has 2 aromatic rings. The Morgan fingerprint density at radius 1 is 1.17 bits per heavy atom. The second-order valence-electron chi connectivity index (χ2n) is 6.48. The van der Waals surface area contributed by atoms with Crippen LogP contribution >= 0.6 is 15.9 Å². The Morgan fingerprint density at radius 3 is 2.53 bits per heavy atom. The summed E-state index contributed by atoms with van der Waals surface area (Å²) in [6.45, 7) is 2.58. The van der Waals surface area contributed by atoms with E-state index in [1.54, 1.807) is 29.2 Å². The number of carbonyl (C=O) groups excluding carboxylic acids is 2.